The second-order valence-electron chi connectivity index (χ2n) is 6.49. The van der Waals surface area contributed by atoms with Gasteiger partial charge in [0, 0.05) is 36.7 Å². The van der Waals surface area contributed by atoms with Crippen LogP contribution in [0.4, 0.5) is 13.2 Å². The Morgan fingerprint density at radius 3 is 1.82 bits per heavy atom. The van der Waals surface area contributed by atoms with E-state index >= 15 is 0 Å². The summed E-state index contributed by atoms with van der Waals surface area (Å²) in [5.41, 5.74) is -1.51. The first kappa shape index (κ1) is 34.8. The fourth-order valence-corrected chi connectivity index (χ4v) is 2.86. The van der Waals surface area contributed by atoms with Crippen LogP contribution >= 0.6 is 0 Å². The van der Waals surface area contributed by atoms with Crippen LogP contribution in [0, 0.1) is 0 Å². The topological polar surface area (TPSA) is 124 Å². The van der Waals surface area contributed by atoms with E-state index in [0.29, 0.717) is 5.56 Å². The number of halogens is 3. The van der Waals surface area contributed by atoms with Crippen LogP contribution in [0.3, 0.4) is 0 Å². The first-order chi connectivity index (χ1) is 14.0. The zero-order chi connectivity index (χ0) is 22.5. The standard InChI is InChI=1S/C20H18F3NO6.3Na/c21-20(22,23)14-3-1-2-12(8-14)10-24(7-6-17(25)26)11-13-4-5-15(18(27)28)16(9-13)19(29)30;;;/h1-5,8-9H,6-7,10-11H2,(H,25,26)(H,27,28)(H,29,30);;;/q;3*+1/p-3. The van der Waals surface area contributed by atoms with E-state index in [2.05, 4.69) is 0 Å². The molecule has 0 heterocycles. The second kappa shape index (κ2) is 15.6. The maximum atomic E-state index is 12.9. The normalized spacial score (nSPS) is 10.4. The van der Waals surface area contributed by atoms with Gasteiger partial charge in [-0.15, -0.1) is 0 Å². The van der Waals surface area contributed by atoms with E-state index in [4.69, 9.17) is 0 Å². The SMILES string of the molecule is O=C([O-])CCN(Cc1cccc(C(F)(F)F)c1)Cc1ccc(C(=O)[O-])c(C(=O)[O-])c1.[Na+].[Na+].[Na+]. The summed E-state index contributed by atoms with van der Waals surface area (Å²) in [4.78, 5) is 34.5. The minimum absolute atomic E-state index is 0. The van der Waals surface area contributed by atoms with Crippen LogP contribution in [-0.4, -0.2) is 29.4 Å². The van der Waals surface area contributed by atoms with Crippen molar-refractivity contribution in [2.45, 2.75) is 25.7 Å². The van der Waals surface area contributed by atoms with Gasteiger partial charge in [-0.3, -0.25) is 4.90 Å². The molecule has 13 heteroatoms. The van der Waals surface area contributed by atoms with Gasteiger partial charge in [0.05, 0.1) is 17.5 Å². The fourth-order valence-electron chi connectivity index (χ4n) is 2.86. The van der Waals surface area contributed by atoms with Gasteiger partial charge in [-0.1, -0.05) is 30.3 Å². The minimum atomic E-state index is -4.55. The van der Waals surface area contributed by atoms with Crippen LogP contribution in [0.25, 0.3) is 0 Å². The van der Waals surface area contributed by atoms with Crippen LogP contribution in [0.1, 0.15) is 43.8 Å². The quantitative estimate of drug-likeness (QED) is 0.319. The van der Waals surface area contributed by atoms with Gasteiger partial charge in [-0.2, -0.15) is 13.2 Å². The summed E-state index contributed by atoms with van der Waals surface area (Å²) in [6.45, 7) is -0.224. The number of carbonyl (C=O) groups excluding carboxylic acids is 3. The van der Waals surface area contributed by atoms with Crippen molar-refractivity contribution in [3.63, 3.8) is 0 Å². The van der Waals surface area contributed by atoms with Crippen LogP contribution in [0.15, 0.2) is 42.5 Å². The van der Waals surface area contributed by atoms with Crippen molar-refractivity contribution in [3.05, 3.63) is 70.3 Å². The zero-order valence-electron chi connectivity index (χ0n) is 18.4. The Hall–Kier alpha value is -0.400. The summed E-state index contributed by atoms with van der Waals surface area (Å²) in [5.74, 6) is -4.82. The van der Waals surface area contributed by atoms with E-state index in [9.17, 15) is 42.9 Å². The Morgan fingerprint density at radius 2 is 1.33 bits per heavy atom. The second-order valence-corrected chi connectivity index (χ2v) is 6.49. The van der Waals surface area contributed by atoms with Crippen molar-refractivity contribution >= 4 is 17.9 Å². The molecule has 0 aliphatic carbocycles. The smallest absolute Gasteiger partial charge is 0.550 e. The van der Waals surface area contributed by atoms with E-state index in [-0.39, 0.29) is 114 Å². The number of benzene rings is 2. The van der Waals surface area contributed by atoms with Gasteiger partial charge in [0.25, 0.3) is 0 Å². The van der Waals surface area contributed by atoms with Gasteiger partial charge < -0.3 is 29.7 Å². The molecular formula is C20H15F3NNa3O6. The van der Waals surface area contributed by atoms with Crippen LogP contribution < -0.4 is 104 Å². The summed E-state index contributed by atoms with van der Waals surface area (Å²) in [5, 5.41) is 33.0. The molecule has 0 unspecified atom stereocenters. The van der Waals surface area contributed by atoms with E-state index in [1.54, 1.807) is 0 Å². The Labute approximate surface area is 254 Å². The molecule has 0 spiro atoms. The van der Waals surface area contributed by atoms with E-state index in [0.717, 1.165) is 24.3 Å². The Morgan fingerprint density at radius 1 is 0.788 bits per heavy atom. The average molecular weight is 491 g/mol. The van der Waals surface area contributed by atoms with Crippen LogP contribution in [0.5, 0.6) is 0 Å². The van der Waals surface area contributed by atoms with Crippen molar-refractivity contribution in [2.75, 3.05) is 6.54 Å². The summed E-state index contributed by atoms with van der Waals surface area (Å²) in [6, 6.07) is 7.84. The molecular weight excluding hydrogens is 476 g/mol. The maximum absolute atomic E-state index is 12.9. The molecule has 0 bridgehead atoms. The van der Waals surface area contributed by atoms with Crippen molar-refractivity contribution in [2.24, 2.45) is 0 Å². The molecule has 7 nitrogen and oxygen atoms in total. The molecule has 2 rings (SSSR count). The van der Waals surface area contributed by atoms with Gasteiger partial charge in [-0.05, 0) is 29.7 Å². The van der Waals surface area contributed by atoms with E-state index in [1.165, 1.54) is 23.1 Å². The van der Waals surface area contributed by atoms with Crippen molar-refractivity contribution in [3.8, 4) is 0 Å². The number of alkyl halides is 3. The van der Waals surface area contributed by atoms with Crippen molar-refractivity contribution in [1.29, 1.82) is 0 Å². The molecule has 2 aromatic carbocycles. The van der Waals surface area contributed by atoms with Crippen LogP contribution in [0.2, 0.25) is 0 Å². The molecule has 0 aliphatic rings. The third-order valence-corrected chi connectivity index (χ3v) is 4.22. The monoisotopic (exact) mass is 491 g/mol. The summed E-state index contributed by atoms with van der Waals surface area (Å²) in [7, 11) is 0. The average Bonchev–Trinajstić information content (AvgIpc) is 2.65. The molecule has 160 valence electrons. The number of hydrogen-bond donors (Lipinski definition) is 0. The third-order valence-electron chi connectivity index (χ3n) is 4.22. The molecule has 0 fully saturated rings. The summed E-state index contributed by atoms with van der Waals surface area (Å²) in [6.07, 6.45) is -4.96. The van der Waals surface area contributed by atoms with E-state index < -0.39 is 47.2 Å². The molecule has 0 saturated heterocycles. The predicted octanol–water partition coefficient (Wildman–Crippen LogP) is -9.41. The number of aromatic carboxylic acids is 2. The van der Waals surface area contributed by atoms with Gasteiger partial charge in [0.2, 0.25) is 0 Å². The molecule has 0 amide bonds. The number of carbonyl (C=O) groups is 3. The number of carboxylic acid groups (broad SMARTS) is 3. The third kappa shape index (κ3) is 11.3. The Kier molecular flexibility index (Phi) is 16.4. The Balaban J connectivity index is 0. The molecule has 0 aliphatic heterocycles. The number of rotatable bonds is 9. The largest absolute Gasteiger partial charge is 1.00 e. The first-order valence-corrected chi connectivity index (χ1v) is 8.61. The molecule has 2 aromatic rings. The van der Waals surface area contributed by atoms with Gasteiger partial charge >= 0.3 is 94.8 Å². The molecule has 0 N–H and O–H groups in total. The molecule has 0 aromatic heterocycles. The number of aliphatic carboxylic acids is 1. The van der Waals surface area contributed by atoms with Gasteiger partial charge in [0.15, 0.2) is 0 Å². The number of nitrogens with zero attached hydrogens (tertiary/aromatic N) is 1. The summed E-state index contributed by atoms with van der Waals surface area (Å²) < 4.78 is 38.7. The molecule has 33 heavy (non-hydrogen) atoms. The number of hydrogen-bond acceptors (Lipinski definition) is 7. The fraction of sp³-hybridized carbons (Fsp3) is 0.250. The van der Waals surface area contributed by atoms with Crippen LogP contribution in [-0.2, 0) is 24.1 Å². The molecule has 0 radical (unpaired) electrons. The molecule has 0 saturated carbocycles. The van der Waals surface area contributed by atoms with E-state index in [1.807, 2.05) is 0 Å². The van der Waals surface area contributed by atoms with Crippen molar-refractivity contribution < 1.29 is 132 Å². The van der Waals surface area contributed by atoms with Crippen molar-refractivity contribution in [1.82, 2.24) is 4.90 Å². The van der Waals surface area contributed by atoms with Gasteiger partial charge in [0.1, 0.15) is 0 Å². The predicted molar refractivity (Wildman–Crippen MR) is 90.3 cm³/mol. The summed E-state index contributed by atoms with van der Waals surface area (Å²) >= 11 is 0. The van der Waals surface area contributed by atoms with Gasteiger partial charge in [-0.25, -0.2) is 0 Å². The first-order valence-electron chi connectivity index (χ1n) is 8.61. The maximum Gasteiger partial charge on any atom is 1.00 e. The minimum Gasteiger partial charge on any atom is -0.550 e. The Bertz CT molecular complexity index is 972. The zero-order valence-corrected chi connectivity index (χ0v) is 24.4. The molecule has 0 atom stereocenters. The number of carboxylic acids is 3.